The van der Waals surface area contributed by atoms with Crippen molar-refractivity contribution >= 4 is 12.2 Å². The van der Waals surface area contributed by atoms with Gasteiger partial charge in [-0.2, -0.15) is 5.10 Å². The minimum absolute atomic E-state index is 0.483. The standard InChI is InChI=1S/C14H14N6/c1-2-5-16-14(18-9-13-10-19-20-11-13)17-8-12-3-6-15-7-4-12/h1,3-7,10-11H,8-9H2,(H,17,18)(H,19,20). The summed E-state index contributed by atoms with van der Waals surface area (Å²) in [5.74, 6) is 2.84. The van der Waals surface area contributed by atoms with E-state index >= 15 is 0 Å². The van der Waals surface area contributed by atoms with E-state index in [4.69, 9.17) is 6.42 Å². The highest BCUT2D eigenvalue weighted by Gasteiger charge is 1.98. The SMILES string of the molecule is C#CC=NC(=NCc1cn[nH]c1)NCc1ccncc1. The van der Waals surface area contributed by atoms with E-state index in [0.717, 1.165) is 11.1 Å². The van der Waals surface area contributed by atoms with E-state index in [-0.39, 0.29) is 0 Å². The van der Waals surface area contributed by atoms with Crippen LogP contribution in [0.4, 0.5) is 0 Å². The number of terminal acetylenes is 1. The van der Waals surface area contributed by atoms with Gasteiger partial charge >= 0.3 is 0 Å². The van der Waals surface area contributed by atoms with Gasteiger partial charge in [0.05, 0.1) is 19.0 Å². The number of aromatic nitrogens is 3. The highest BCUT2D eigenvalue weighted by molar-refractivity contribution is 5.92. The molecular formula is C14H14N6. The highest BCUT2D eigenvalue weighted by atomic mass is 15.1. The molecule has 0 saturated heterocycles. The Morgan fingerprint density at radius 2 is 2.25 bits per heavy atom. The van der Waals surface area contributed by atoms with Gasteiger partial charge in [0, 0.05) is 30.7 Å². The molecule has 0 atom stereocenters. The summed E-state index contributed by atoms with van der Waals surface area (Å²) in [6.45, 7) is 1.09. The lowest BCUT2D eigenvalue weighted by Crippen LogP contribution is -2.21. The van der Waals surface area contributed by atoms with Gasteiger partial charge in [-0.15, -0.1) is 6.42 Å². The Hall–Kier alpha value is -2.94. The van der Waals surface area contributed by atoms with Gasteiger partial charge in [0.15, 0.2) is 0 Å². The lowest BCUT2D eigenvalue weighted by atomic mass is 10.3. The summed E-state index contributed by atoms with van der Waals surface area (Å²) in [6.07, 6.45) is 13.5. The summed E-state index contributed by atoms with van der Waals surface area (Å²) < 4.78 is 0. The quantitative estimate of drug-likeness (QED) is 0.495. The molecule has 2 rings (SSSR count). The zero-order chi connectivity index (χ0) is 14.0. The van der Waals surface area contributed by atoms with Gasteiger partial charge in [0.25, 0.3) is 0 Å². The molecule has 2 N–H and O–H groups in total. The average Bonchev–Trinajstić information content (AvgIpc) is 3.01. The maximum atomic E-state index is 5.17. The number of H-pyrrole nitrogens is 1. The number of rotatable bonds is 4. The second-order valence-corrected chi connectivity index (χ2v) is 3.88. The molecule has 2 aromatic heterocycles. The number of hydrogen-bond donors (Lipinski definition) is 2. The van der Waals surface area contributed by atoms with Crippen LogP contribution in [0, 0.1) is 12.3 Å². The van der Waals surface area contributed by atoms with Crippen LogP contribution in [0.1, 0.15) is 11.1 Å². The number of aliphatic imine (C=N–C) groups is 2. The molecule has 0 spiro atoms. The Morgan fingerprint density at radius 1 is 1.40 bits per heavy atom. The summed E-state index contributed by atoms with van der Waals surface area (Å²) in [4.78, 5) is 12.4. The summed E-state index contributed by atoms with van der Waals surface area (Å²) in [5, 5.41) is 9.73. The smallest absolute Gasteiger partial charge is 0.219 e. The maximum Gasteiger partial charge on any atom is 0.219 e. The van der Waals surface area contributed by atoms with Crippen molar-refractivity contribution in [2.45, 2.75) is 13.1 Å². The largest absolute Gasteiger partial charge is 0.350 e. The van der Waals surface area contributed by atoms with Crippen LogP contribution in [0.15, 0.2) is 46.9 Å². The van der Waals surface area contributed by atoms with Crippen molar-refractivity contribution in [3.05, 3.63) is 48.0 Å². The van der Waals surface area contributed by atoms with Crippen molar-refractivity contribution in [2.24, 2.45) is 9.98 Å². The fourth-order valence-electron chi connectivity index (χ4n) is 1.45. The molecule has 0 aromatic carbocycles. The fourth-order valence-corrected chi connectivity index (χ4v) is 1.45. The normalized spacial score (nSPS) is 11.4. The number of aromatic amines is 1. The maximum absolute atomic E-state index is 5.17. The Labute approximate surface area is 117 Å². The molecule has 6 heteroatoms. The van der Waals surface area contributed by atoms with Crippen LogP contribution in [0.5, 0.6) is 0 Å². The molecule has 0 saturated carbocycles. The minimum atomic E-state index is 0.483. The molecule has 20 heavy (non-hydrogen) atoms. The van der Waals surface area contributed by atoms with Crippen LogP contribution in [0.2, 0.25) is 0 Å². The number of nitrogens with zero attached hydrogens (tertiary/aromatic N) is 4. The first-order valence-electron chi connectivity index (χ1n) is 6.02. The van der Waals surface area contributed by atoms with E-state index in [2.05, 4.69) is 36.4 Å². The first-order chi connectivity index (χ1) is 9.88. The molecule has 0 unspecified atom stereocenters. The summed E-state index contributed by atoms with van der Waals surface area (Å²) in [6, 6.07) is 3.84. The van der Waals surface area contributed by atoms with Gasteiger partial charge in [-0.3, -0.25) is 10.1 Å². The van der Waals surface area contributed by atoms with E-state index in [1.165, 1.54) is 6.21 Å². The van der Waals surface area contributed by atoms with Crippen molar-refractivity contribution in [3.8, 4) is 12.3 Å². The third-order valence-electron chi connectivity index (χ3n) is 2.43. The summed E-state index contributed by atoms with van der Waals surface area (Å²) in [5.41, 5.74) is 2.07. The highest BCUT2D eigenvalue weighted by Crippen LogP contribution is 1.98. The Bertz CT molecular complexity index is 607. The van der Waals surface area contributed by atoms with Crippen molar-refractivity contribution in [1.82, 2.24) is 20.5 Å². The topological polar surface area (TPSA) is 78.3 Å². The second kappa shape index (κ2) is 7.48. The lowest BCUT2D eigenvalue weighted by Gasteiger charge is -2.05. The van der Waals surface area contributed by atoms with Gasteiger partial charge in [-0.1, -0.05) is 5.92 Å². The van der Waals surface area contributed by atoms with Gasteiger partial charge < -0.3 is 5.32 Å². The van der Waals surface area contributed by atoms with E-state index in [0.29, 0.717) is 19.0 Å². The Kier molecular flexibility index (Phi) is 5.05. The van der Waals surface area contributed by atoms with Crippen molar-refractivity contribution in [2.75, 3.05) is 0 Å². The van der Waals surface area contributed by atoms with Gasteiger partial charge in [-0.25, -0.2) is 9.98 Å². The van der Waals surface area contributed by atoms with Crippen LogP contribution in [0.3, 0.4) is 0 Å². The average molecular weight is 266 g/mol. The number of hydrogen-bond acceptors (Lipinski definition) is 3. The molecule has 0 aliphatic carbocycles. The van der Waals surface area contributed by atoms with Crippen LogP contribution < -0.4 is 5.32 Å². The third kappa shape index (κ3) is 4.38. The Balaban J connectivity index is 1.98. The molecule has 0 aliphatic rings. The molecule has 6 nitrogen and oxygen atoms in total. The molecule has 2 heterocycles. The predicted octanol–water partition coefficient (Wildman–Crippen LogP) is 1.15. The fraction of sp³-hybridized carbons (Fsp3) is 0.143. The van der Waals surface area contributed by atoms with Gasteiger partial charge in [0.1, 0.15) is 0 Å². The first kappa shape index (κ1) is 13.5. The zero-order valence-electron chi connectivity index (χ0n) is 10.8. The number of nitrogens with one attached hydrogen (secondary N) is 2. The predicted molar refractivity (Wildman–Crippen MR) is 78.1 cm³/mol. The van der Waals surface area contributed by atoms with Gasteiger partial charge in [-0.05, 0) is 17.7 Å². The first-order valence-corrected chi connectivity index (χ1v) is 6.02. The van der Waals surface area contributed by atoms with Crippen LogP contribution in [0.25, 0.3) is 0 Å². The van der Waals surface area contributed by atoms with Crippen LogP contribution in [-0.4, -0.2) is 27.4 Å². The molecule has 0 aliphatic heterocycles. The van der Waals surface area contributed by atoms with Gasteiger partial charge in [0.2, 0.25) is 5.96 Å². The van der Waals surface area contributed by atoms with E-state index in [9.17, 15) is 0 Å². The minimum Gasteiger partial charge on any atom is -0.350 e. The third-order valence-corrected chi connectivity index (χ3v) is 2.43. The monoisotopic (exact) mass is 266 g/mol. The lowest BCUT2D eigenvalue weighted by molar-refractivity contribution is 0.883. The van der Waals surface area contributed by atoms with Crippen LogP contribution >= 0.6 is 0 Å². The molecular weight excluding hydrogens is 252 g/mol. The molecule has 100 valence electrons. The second-order valence-electron chi connectivity index (χ2n) is 3.88. The van der Waals surface area contributed by atoms with E-state index in [1.807, 2.05) is 12.1 Å². The molecule has 0 bridgehead atoms. The summed E-state index contributed by atoms with van der Waals surface area (Å²) in [7, 11) is 0. The molecule has 0 fully saturated rings. The van der Waals surface area contributed by atoms with Crippen molar-refractivity contribution < 1.29 is 0 Å². The summed E-state index contributed by atoms with van der Waals surface area (Å²) >= 11 is 0. The zero-order valence-corrected chi connectivity index (χ0v) is 10.8. The number of pyridine rings is 1. The Morgan fingerprint density at radius 3 is 2.95 bits per heavy atom. The van der Waals surface area contributed by atoms with Crippen LogP contribution in [-0.2, 0) is 13.1 Å². The van der Waals surface area contributed by atoms with Crippen molar-refractivity contribution in [3.63, 3.8) is 0 Å². The molecule has 0 amide bonds. The molecule has 2 aromatic rings. The van der Waals surface area contributed by atoms with E-state index in [1.54, 1.807) is 24.8 Å². The van der Waals surface area contributed by atoms with Crippen molar-refractivity contribution in [1.29, 1.82) is 0 Å². The molecule has 0 radical (unpaired) electrons. The van der Waals surface area contributed by atoms with E-state index < -0.39 is 0 Å². The number of guanidine groups is 1.